The molecule has 0 atom stereocenters. The van der Waals surface area contributed by atoms with Crippen molar-refractivity contribution in [2.45, 2.75) is 6.92 Å². The van der Waals surface area contributed by atoms with E-state index in [1.165, 1.54) is 17.1 Å². The Bertz CT molecular complexity index is 682. The molecule has 21 heavy (non-hydrogen) atoms. The van der Waals surface area contributed by atoms with Crippen LogP contribution in [0.25, 0.3) is 0 Å². The van der Waals surface area contributed by atoms with Gasteiger partial charge in [0.1, 0.15) is 23.9 Å². The minimum Gasteiger partial charge on any atom is -0.370 e. The fraction of sp³-hybridized carbons (Fsp3) is 0.273. The monoisotopic (exact) mass is 291 g/mol. The quantitative estimate of drug-likeness (QED) is 0.616. The molecular formula is C11H13N7O3. The van der Waals surface area contributed by atoms with Crippen LogP contribution in [0.1, 0.15) is 17.3 Å². The van der Waals surface area contributed by atoms with E-state index in [0.717, 1.165) is 6.20 Å². The molecule has 0 spiro atoms. The number of aromatic nitrogens is 4. The zero-order chi connectivity index (χ0) is 15.4. The lowest BCUT2D eigenvalue weighted by Gasteiger charge is -2.07. The molecule has 2 heterocycles. The van der Waals surface area contributed by atoms with Gasteiger partial charge in [-0.1, -0.05) is 0 Å². The van der Waals surface area contributed by atoms with Crippen molar-refractivity contribution < 1.29 is 9.72 Å². The van der Waals surface area contributed by atoms with Gasteiger partial charge < -0.3 is 5.32 Å². The van der Waals surface area contributed by atoms with Crippen molar-refractivity contribution in [1.82, 2.24) is 19.7 Å². The predicted octanol–water partition coefficient (Wildman–Crippen LogP) is 0.802. The first-order valence-corrected chi connectivity index (χ1v) is 6.06. The number of pyridine rings is 1. The van der Waals surface area contributed by atoms with E-state index in [0.29, 0.717) is 12.4 Å². The Balaban J connectivity index is 2.35. The van der Waals surface area contributed by atoms with E-state index < -0.39 is 10.8 Å². The molecule has 0 aliphatic heterocycles. The van der Waals surface area contributed by atoms with Gasteiger partial charge in [-0.25, -0.2) is 9.67 Å². The molecule has 10 nitrogen and oxygen atoms in total. The fourth-order valence-electron chi connectivity index (χ4n) is 1.63. The van der Waals surface area contributed by atoms with E-state index in [9.17, 15) is 14.9 Å². The maximum Gasteiger partial charge on any atom is 0.300 e. The Morgan fingerprint density at radius 2 is 2.24 bits per heavy atom. The molecule has 1 amide bonds. The summed E-state index contributed by atoms with van der Waals surface area (Å²) in [7, 11) is 1.59. The standard InChI is InChI=1S/C11H13N7O3/c1-3-12-9-4-7(8(5-13-9)18(20)21)10(19)16-11-14-6-15-17(11)2/h4-6H,3H2,1-2H3,(H,12,13)(H,14,15,16,19). The summed E-state index contributed by atoms with van der Waals surface area (Å²) in [5.74, 6) is -0.0818. The molecule has 10 heteroatoms. The summed E-state index contributed by atoms with van der Waals surface area (Å²) in [5, 5.41) is 20.2. The lowest BCUT2D eigenvalue weighted by Crippen LogP contribution is -2.17. The van der Waals surface area contributed by atoms with Crippen molar-refractivity contribution >= 4 is 23.4 Å². The molecule has 0 aromatic carbocycles. The van der Waals surface area contributed by atoms with E-state index in [-0.39, 0.29) is 17.2 Å². The third-order valence-corrected chi connectivity index (χ3v) is 2.62. The van der Waals surface area contributed by atoms with E-state index >= 15 is 0 Å². The van der Waals surface area contributed by atoms with Gasteiger partial charge in [0.2, 0.25) is 5.95 Å². The van der Waals surface area contributed by atoms with Crippen LogP contribution in [0.3, 0.4) is 0 Å². The Morgan fingerprint density at radius 3 is 2.81 bits per heavy atom. The van der Waals surface area contributed by atoms with Crippen LogP contribution in [0.15, 0.2) is 18.6 Å². The number of hydrogen-bond acceptors (Lipinski definition) is 7. The summed E-state index contributed by atoms with van der Waals surface area (Å²) >= 11 is 0. The van der Waals surface area contributed by atoms with Crippen LogP contribution < -0.4 is 10.6 Å². The molecule has 0 unspecified atom stereocenters. The molecular weight excluding hydrogens is 278 g/mol. The summed E-state index contributed by atoms with van der Waals surface area (Å²) in [6.07, 6.45) is 2.31. The molecule has 110 valence electrons. The highest BCUT2D eigenvalue weighted by Crippen LogP contribution is 2.21. The highest BCUT2D eigenvalue weighted by atomic mass is 16.6. The van der Waals surface area contributed by atoms with Crippen LogP contribution >= 0.6 is 0 Å². The van der Waals surface area contributed by atoms with Gasteiger partial charge in [0.25, 0.3) is 11.6 Å². The minimum absolute atomic E-state index is 0.103. The summed E-state index contributed by atoms with van der Waals surface area (Å²) < 4.78 is 1.34. The van der Waals surface area contributed by atoms with Crippen LogP contribution in [-0.4, -0.2) is 37.1 Å². The molecule has 2 aromatic rings. The maximum absolute atomic E-state index is 12.2. The molecule has 0 saturated heterocycles. The molecule has 0 radical (unpaired) electrons. The second-order valence-corrected chi connectivity index (χ2v) is 4.04. The lowest BCUT2D eigenvalue weighted by molar-refractivity contribution is -0.385. The van der Waals surface area contributed by atoms with E-state index in [4.69, 9.17) is 0 Å². The molecule has 0 aliphatic rings. The number of rotatable bonds is 5. The van der Waals surface area contributed by atoms with E-state index in [1.807, 2.05) is 6.92 Å². The van der Waals surface area contributed by atoms with Crippen molar-refractivity contribution in [3.63, 3.8) is 0 Å². The highest BCUT2D eigenvalue weighted by Gasteiger charge is 2.22. The number of carbonyl (C=O) groups excluding carboxylic acids is 1. The number of carbonyl (C=O) groups is 1. The number of hydrogen-bond donors (Lipinski definition) is 2. The first-order valence-electron chi connectivity index (χ1n) is 6.06. The van der Waals surface area contributed by atoms with Crippen molar-refractivity contribution in [2.75, 3.05) is 17.2 Å². The molecule has 0 saturated carbocycles. The molecule has 2 rings (SSSR count). The third-order valence-electron chi connectivity index (χ3n) is 2.62. The smallest absolute Gasteiger partial charge is 0.300 e. The summed E-state index contributed by atoms with van der Waals surface area (Å²) in [6.45, 7) is 2.43. The van der Waals surface area contributed by atoms with Crippen LogP contribution in [0.2, 0.25) is 0 Å². The van der Waals surface area contributed by atoms with Gasteiger partial charge >= 0.3 is 0 Å². The Hall–Kier alpha value is -3.04. The summed E-state index contributed by atoms with van der Waals surface area (Å²) in [6, 6.07) is 1.33. The number of aryl methyl sites for hydroxylation is 1. The number of nitro groups is 1. The largest absolute Gasteiger partial charge is 0.370 e. The van der Waals surface area contributed by atoms with Gasteiger partial charge in [-0.15, -0.1) is 0 Å². The first kappa shape index (κ1) is 14.4. The molecule has 2 aromatic heterocycles. The van der Waals surface area contributed by atoms with E-state index in [2.05, 4.69) is 25.7 Å². The van der Waals surface area contributed by atoms with Gasteiger partial charge in [-0.2, -0.15) is 10.1 Å². The van der Waals surface area contributed by atoms with Gasteiger partial charge in [0, 0.05) is 19.7 Å². The normalized spacial score (nSPS) is 10.2. The number of nitrogens with one attached hydrogen (secondary N) is 2. The van der Waals surface area contributed by atoms with Gasteiger partial charge in [0.15, 0.2) is 0 Å². The van der Waals surface area contributed by atoms with E-state index in [1.54, 1.807) is 7.05 Å². The Labute approximate surface area is 119 Å². The van der Waals surface area contributed by atoms with Gasteiger partial charge in [-0.05, 0) is 6.92 Å². The zero-order valence-electron chi connectivity index (χ0n) is 11.4. The van der Waals surface area contributed by atoms with Crippen molar-refractivity contribution in [1.29, 1.82) is 0 Å². The average molecular weight is 291 g/mol. The number of nitrogens with zero attached hydrogens (tertiary/aromatic N) is 5. The Kier molecular flexibility index (Phi) is 4.07. The van der Waals surface area contributed by atoms with Crippen molar-refractivity contribution in [3.05, 3.63) is 34.3 Å². The topological polar surface area (TPSA) is 128 Å². The predicted molar refractivity (Wildman–Crippen MR) is 74.0 cm³/mol. The summed E-state index contributed by atoms with van der Waals surface area (Å²) in [5.41, 5.74) is -0.481. The fourth-order valence-corrected chi connectivity index (χ4v) is 1.63. The molecule has 2 N–H and O–H groups in total. The molecule has 0 aliphatic carbocycles. The van der Waals surface area contributed by atoms with Crippen LogP contribution in [-0.2, 0) is 7.05 Å². The van der Waals surface area contributed by atoms with Crippen molar-refractivity contribution in [3.8, 4) is 0 Å². The second kappa shape index (κ2) is 5.94. The number of anilines is 2. The van der Waals surface area contributed by atoms with Crippen LogP contribution in [0, 0.1) is 10.1 Å². The SMILES string of the molecule is CCNc1cc(C(=O)Nc2ncnn2C)c([N+](=O)[O-])cn1. The molecule has 0 bridgehead atoms. The van der Waals surface area contributed by atoms with Gasteiger partial charge in [0.05, 0.1) is 4.92 Å². The average Bonchev–Trinajstić information content (AvgIpc) is 2.84. The summed E-state index contributed by atoms with van der Waals surface area (Å²) in [4.78, 5) is 30.2. The lowest BCUT2D eigenvalue weighted by atomic mass is 10.2. The van der Waals surface area contributed by atoms with Gasteiger partial charge in [-0.3, -0.25) is 20.2 Å². The minimum atomic E-state index is -0.658. The highest BCUT2D eigenvalue weighted by molar-refractivity contribution is 6.06. The Morgan fingerprint density at radius 1 is 1.48 bits per heavy atom. The van der Waals surface area contributed by atoms with Crippen LogP contribution in [0.4, 0.5) is 17.5 Å². The third kappa shape index (κ3) is 3.11. The van der Waals surface area contributed by atoms with Crippen LogP contribution in [0.5, 0.6) is 0 Å². The van der Waals surface area contributed by atoms with Crippen molar-refractivity contribution in [2.24, 2.45) is 7.05 Å². The second-order valence-electron chi connectivity index (χ2n) is 4.04. The number of amides is 1. The maximum atomic E-state index is 12.2. The molecule has 0 fully saturated rings. The zero-order valence-corrected chi connectivity index (χ0v) is 11.4. The first-order chi connectivity index (χ1) is 10.0.